The molecule has 1 aliphatic carbocycles. The number of aliphatic hydroxyl groups is 3. The van der Waals surface area contributed by atoms with Gasteiger partial charge in [0.15, 0.2) is 23.9 Å². The lowest BCUT2D eigenvalue weighted by Gasteiger charge is -2.22. The van der Waals surface area contributed by atoms with Crippen molar-refractivity contribution in [3.63, 3.8) is 0 Å². The molecule has 5 unspecified atom stereocenters. The Morgan fingerprint density at radius 1 is 1.43 bits per heavy atom. The minimum Gasteiger partial charge on any atom is -0.389 e. The first kappa shape index (κ1) is 14.0. The highest BCUT2D eigenvalue weighted by molar-refractivity contribution is 5.81. The number of rotatable bonds is 4. The summed E-state index contributed by atoms with van der Waals surface area (Å²) < 4.78 is 27.8. The third kappa shape index (κ3) is 1.79. The van der Waals surface area contributed by atoms with E-state index in [0.29, 0.717) is 0 Å². The standard InChI is InChI=1S/C11H13F2N5O3/c12-1-4-7(19)11(4,21)6(13)10(20)18-3-17-5-8(14)15-2-16-9(5)18/h2-4,6-7,10,19-21H,1H2,(H2,14,15,16). The zero-order valence-corrected chi connectivity index (χ0v) is 10.6. The van der Waals surface area contributed by atoms with E-state index in [1.54, 1.807) is 0 Å². The van der Waals surface area contributed by atoms with Crippen molar-refractivity contribution in [1.29, 1.82) is 0 Å². The highest BCUT2D eigenvalue weighted by Crippen LogP contribution is 2.50. The van der Waals surface area contributed by atoms with Crippen LogP contribution in [-0.4, -0.2) is 59.4 Å². The average molecular weight is 301 g/mol. The van der Waals surface area contributed by atoms with Crippen LogP contribution in [0.3, 0.4) is 0 Å². The summed E-state index contributed by atoms with van der Waals surface area (Å²) in [6.45, 7) is -1.09. The van der Waals surface area contributed by atoms with Crippen LogP contribution in [0, 0.1) is 5.92 Å². The maximum Gasteiger partial charge on any atom is 0.176 e. The number of nitrogens with two attached hydrogens (primary N) is 1. The highest BCUT2D eigenvalue weighted by atomic mass is 19.1. The minimum absolute atomic E-state index is 0.0492. The van der Waals surface area contributed by atoms with Gasteiger partial charge in [0.1, 0.15) is 17.4 Å². The largest absolute Gasteiger partial charge is 0.389 e. The number of hydrogen-bond donors (Lipinski definition) is 4. The summed E-state index contributed by atoms with van der Waals surface area (Å²) in [4.78, 5) is 11.4. The molecule has 10 heteroatoms. The van der Waals surface area contributed by atoms with Crippen LogP contribution in [0.15, 0.2) is 12.7 Å². The number of aliphatic hydroxyl groups excluding tert-OH is 2. The number of halogens is 2. The van der Waals surface area contributed by atoms with Crippen molar-refractivity contribution in [3.05, 3.63) is 12.7 Å². The summed E-state index contributed by atoms with van der Waals surface area (Å²) in [5.74, 6) is -1.22. The molecule has 2 heterocycles. The first-order valence-electron chi connectivity index (χ1n) is 6.14. The number of anilines is 1. The molecule has 5 atom stereocenters. The number of nitrogen functional groups attached to an aromatic ring is 1. The molecule has 1 aliphatic rings. The average Bonchev–Trinajstić information content (AvgIpc) is 2.85. The van der Waals surface area contributed by atoms with Gasteiger partial charge in [0.25, 0.3) is 0 Å². The predicted molar refractivity (Wildman–Crippen MR) is 66.3 cm³/mol. The topological polar surface area (TPSA) is 130 Å². The van der Waals surface area contributed by atoms with E-state index >= 15 is 0 Å². The Balaban J connectivity index is 1.94. The van der Waals surface area contributed by atoms with E-state index in [2.05, 4.69) is 15.0 Å². The summed E-state index contributed by atoms with van der Waals surface area (Å²) >= 11 is 0. The van der Waals surface area contributed by atoms with E-state index in [1.807, 2.05) is 0 Å². The van der Waals surface area contributed by atoms with Crippen LogP contribution < -0.4 is 5.73 Å². The molecular weight excluding hydrogens is 288 g/mol. The molecular formula is C11H13F2N5O3. The molecule has 2 aromatic rings. The van der Waals surface area contributed by atoms with Crippen LogP contribution in [0.1, 0.15) is 6.23 Å². The number of hydrogen-bond acceptors (Lipinski definition) is 7. The number of fused-ring (bicyclic) bond motifs is 1. The first-order valence-corrected chi connectivity index (χ1v) is 6.14. The Kier molecular flexibility index (Phi) is 3.04. The van der Waals surface area contributed by atoms with Crippen molar-refractivity contribution in [2.75, 3.05) is 12.4 Å². The van der Waals surface area contributed by atoms with Crippen LogP contribution >= 0.6 is 0 Å². The Bertz CT molecular complexity index is 683. The molecule has 2 aromatic heterocycles. The second-order valence-corrected chi connectivity index (χ2v) is 4.99. The molecule has 0 saturated heterocycles. The van der Waals surface area contributed by atoms with E-state index in [0.717, 1.165) is 17.2 Å². The van der Waals surface area contributed by atoms with Crippen molar-refractivity contribution in [1.82, 2.24) is 19.5 Å². The molecule has 0 radical (unpaired) electrons. The summed E-state index contributed by atoms with van der Waals surface area (Å²) in [6, 6.07) is 0. The summed E-state index contributed by atoms with van der Waals surface area (Å²) in [5, 5.41) is 29.3. The van der Waals surface area contributed by atoms with Crippen molar-refractivity contribution in [2.24, 2.45) is 5.92 Å². The second kappa shape index (κ2) is 4.55. The lowest BCUT2D eigenvalue weighted by Crippen LogP contribution is -2.37. The maximum atomic E-state index is 14.3. The fraction of sp³-hybridized carbons (Fsp3) is 0.545. The monoisotopic (exact) mass is 301 g/mol. The van der Waals surface area contributed by atoms with E-state index < -0.39 is 36.7 Å². The molecule has 0 aromatic carbocycles. The van der Waals surface area contributed by atoms with Gasteiger partial charge < -0.3 is 21.1 Å². The van der Waals surface area contributed by atoms with Crippen molar-refractivity contribution >= 4 is 17.0 Å². The van der Waals surface area contributed by atoms with Crippen LogP contribution in [0.5, 0.6) is 0 Å². The summed E-state index contributed by atoms with van der Waals surface area (Å²) in [5.41, 5.74) is 3.46. The molecule has 0 amide bonds. The van der Waals surface area contributed by atoms with Gasteiger partial charge in [-0.3, -0.25) is 8.96 Å². The Morgan fingerprint density at radius 2 is 2.14 bits per heavy atom. The molecule has 3 rings (SSSR count). The lowest BCUT2D eigenvalue weighted by molar-refractivity contribution is -0.0794. The van der Waals surface area contributed by atoms with Crippen molar-refractivity contribution in [3.8, 4) is 0 Å². The SMILES string of the molecule is Nc1ncnc2c1ncn2C(O)C(F)C1(O)C(O)C1CF. The van der Waals surface area contributed by atoms with Crippen LogP contribution in [0.4, 0.5) is 14.6 Å². The van der Waals surface area contributed by atoms with Crippen LogP contribution in [-0.2, 0) is 0 Å². The highest BCUT2D eigenvalue weighted by Gasteiger charge is 2.70. The fourth-order valence-corrected chi connectivity index (χ4v) is 2.47. The Morgan fingerprint density at radius 3 is 2.76 bits per heavy atom. The number of aromatic nitrogens is 4. The van der Waals surface area contributed by atoms with Crippen molar-refractivity contribution in [2.45, 2.75) is 24.1 Å². The second-order valence-electron chi connectivity index (χ2n) is 4.99. The third-order valence-electron chi connectivity index (χ3n) is 3.88. The zero-order valence-electron chi connectivity index (χ0n) is 10.6. The molecule has 1 saturated carbocycles. The number of nitrogens with zero attached hydrogens (tertiary/aromatic N) is 4. The summed E-state index contributed by atoms with van der Waals surface area (Å²) in [6.07, 6.45) is -3.60. The lowest BCUT2D eigenvalue weighted by atomic mass is 10.1. The quantitative estimate of drug-likeness (QED) is 0.565. The van der Waals surface area contributed by atoms with Crippen molar-refractivity contribution < 1.29 is 24.1 Å². The van der Waals surface area contributed by atoms with Gasteiger partial charge in [-0.25, -0.2) is 19.3 Å². The normalized spacial score (nSPS) is 31.3. The van der Waals surface area contributed by atoms with Gasteiger partial charge in [-0.05, 0) is 0 Å². The molecule has 0 aliphatic heterocycles. The van der Waals surface area contributed by atoms with E-state index in [1.165, 1.54) is 0 Å². The molecule has 5 N–H and O–H groups in total. The maximum absolute atomic E-state index is 14.3. The van der Waals surface area contributed by atoms with Gasteiger partial charge in [0.2, 0.25) is 0 Å². The number of alkyl halides is 2. The molecule has 114 valence electrons. The Labute approximate surface area is 116 Å². The molecule has 8 nitrogen and oxygen atoms in total. The van der Waals surface area contributed by atoms with Gasteiger partial charge in [0.05, 0.1) is 25.0 Å². The van der Waals surface area contributed by atoms with E-state index in [9.17, 15) is 24.1 Å². The fourth-order valence-electron chi connectivity index (χ4n) is 2.47. The van der Waals surface area contributed by atoms with Gasteiger partial charge >= 0.3 is 0 Å². The first-order chi connectivity index (χ1) is 9.92. The molecule has 21 heavy (non-hydrogen) atoms. The molecule has 1 fully saturated rings. The van der Waals surface area contributed by atoms with E-state index in [-0.39, 0.29) is 17.0 Å². The van der Waals surface area contributed by atoms with Crippen LogP contribution in [0.2, 0.25) is 0 Å². The van der Waals surface area contributed by atoms with Gasteiger partial charge in [-0.1, -0.05) is 0 Å². The zero-order chi connectivity index (χ0) is 15.4. The molecule has 0 bridgehead atoms. The summed E-state index contributed by atoms with van der Waals surface area (Å²) in [7, 11) is 0. The minimum atomic E-state index is -2.33. The number of imidazole rings is 1. The van der Waals surface area contributed by atoms with Crippen LogP contribution in [0.25, 0.3) is 11.2 Å². The van der Waals surface area contributed by atoms with Gasteiger partial charge in [-0.2, -0.15) is 0 Å². The van der Waals surface area contributed by atoms with E-state index in [4.69, 9.17) is 5.73 Å². The third-order valence-corrected chi connectivity index (χ3v) is 3.88. The predicted octanol–water partition coefficient (Wildman–Crippen LogP) is -1.07. The Hall–Kier alpha value is -1.91. The van der Waals surface area contributed by atoms with Gasteiger partial charge in [-0.15, -0.1) is 0 Å². The van der Waals surface area contributed by atoms with Gasteiger partial charge in [0, 0.05) is 0 Å². The molecule has 0 spiro atoms. The smallest absolute Gasteiger partial charge is 0.176 e.